The van der Waals surface area contributed by atoms with Crippen LogP contribution in [-0.4, -0.2) is 12.6 Å². The molecule has 0 fully saturated rings. The third-order valence-electron chi connectivity index (χ3n) is 2.93. The second-order valence-electron chi connectivity index (χ2n) is 4.96. The lowest BCUT2D eigenvalue weighted by Gasteiger charge is -2.09. The number of hydrogen-bond acceptors (Lipinski definition) is 3. The van der Waals surface area contributed by atoms with Crippen LogP contribution in [0.3, 0.4) is 0 Å². The van der Waals surface area contributed by atoms with Gasteiger partial charge in [0.25, 0.3) is 0 Å². The number of benzene rings is 2. The van der Waals surface area contributed by atoms with Crippen LogP contribution >= 0.6 is 9.24 Å². The van der Waals surface area contributed by atoms with E-state index >= 15 is 0 Å². The van der Waals surface area contributed by atoms with Gasteiger partial charge in [-0.05, 0) is 44.1 Å². The predicted molar refractivity (Wildman–Crippen MR) is 93.5 cm³/mol. The van der Waals surface area contributed by atoms with Crippen molar-refractivity contribution < 1.29 is 14.6 Å². The summed E-state index contributed by atoms with van der Waals surface area (Å²) in [6.45, 7) is 7.90. The molecule has 1 atom stereocenters. The summed E-state index contributed by atoms with van der Waals surface area (Å²) in [5.41, 5.74) is 3.56. The Kier molecular flexibility index (Phi) is 7.79. The van der Waals surface area contributed by atoms with E-state index in [9.17, 15) is 4.79 Å². The van der Waals surface area contributed by atoms with Gasteiger partial charge in [0.05, 0.1) is 12.2 Å². The monoisotopic (exact) mass is 318 g/mol. The van der Waals surface area contributed by atoms with Gasteiger partial charge in [0, 0.05) is 0 Å². The van der Waals surface area contributed by atoms with E-state index in [-0.39, 0.29) is 0 Å². The zero-order valence-electron chi connectivity index (χ0n) is 13.6. The van der Waals surface area contributed by atoms with Gasteiger partial charge in [-0.2, -0.15) is 4.89 Å². The van der Waals surface area contributed by atoms with Crippen LogP contribution in [-0.2, 0) is 9.78 Å². The highest BCUT2D eigenvalue weighted by molar-refractivity contribution is 7.27. The summed E-state index contributed by atoms with van der Waals surface area (Å²) < 4.78 is 0. The van der Waals surface area contributed by atoms with Crippen molar-refractivity contribution in [1.29, 1.82) is 0 Å². The summed E-state index contributed by atoms with van der Waals surface area (Å²) >= 11 is 0. The van der Waals surface area contributed by atoms with Crippen molar-refractivity contribution in [2.45, 2.75) is 27.7 Å². The van der Waals surface area contributed by atoms with Gasteiger partial charge in [0.1, 0.15) is 0 Å². The summed E-state index contributed by atoms with van der Waals surface area (Å²) in [4.78, 5) is 20.9. The molecule has 0 saturated carbocycles. The van der Waals surface area contributed by atoms with Crippen LogP contribution in [0.1, 0.15) is 34.0 Å². The second-order valence-corrected chi connectivity index (χ2v) is 5.63. The number of hydrogen-bond donors (Lipinski definition) is 0. The molecule has 4 heteroatoms. The summed E-state index contributed by atoms with van der Waals surface area (Å²) in [7, 11) is 2.63. The quantitative estimate of drug-likeness (QED) is 0.489. The molecule has 2 aromatic rings. The van der Waals surface area contributed by atoms with Crippen molar-refractivity contribution in [3.05, 3.63) is 64.7 Å². The fourth-order valence-electron chi connectivity index (χ4n) is 2.11. The van der Waals surface area contributed by atoms with Gasteiger partial charge in [-0.3, -0.25) is 4.89 Å². The van der Waals surface area contributed by atoms with Crippen LogP contribution in [0.2, 0.25) is 0 Å². The molecule has 0 aromatic heterocycles. The van der Waals surface area contributed by atoms with Crippen LogP contribution in [0.25, 0.3) is 0 Å². The first-order valence-corrected chi connectivity index (χ1v) is 7.75. The molecule has 0 heterocycles. The Balaban J connectivity index is 0.000000287. The molecule has 0 N–H and O–H groups in total. The van der Waals surface area contributed by atoms with Gasteiger partial charge in [-0.15, -0.1) is 9.24 Å². The molecule has 2 rings (SSSR count). The highest BCUT2D eigenvalue weighted by Crippen LogP contribution is 2.17. The van der Waals surface area contributed by atoms with Gasteiger partial charge < -0.3 is 0 Å². The van der Waals surface area contributed by atoms with E-state index in [2.05, 4.69) is 19.0 Å². The highest BCUT2D eigenvalue weighted by Gasteiger charge is 2.14. The summed E-state index contributed by atoms with van der Waals surface area (Å²) in [6, 6.07) is 14.0. The van der Waals surface area contributed by atoms with Gasteiger partial charge in [-0.1, -0.05) is 48.0 Å². The summed E-state index contributed by atoms with van der Waals surface area (Å²) in [5.74, 6) is -0.424. The van der Waals surface area contributed by atoms with Gasteiger partial charge >= 0.3 is 5.97 Å². The minimum Gasteiger partial charge on any atom is -0.293 e. The number of rotatable bonds is 3. The molecule has 1 unspecified atom stereocenters. The van der Waals surface area contributed by atoms with E-state index in [4.69, 9.17) is 0 Å². The second kappa shape index (κ2) is 9.34. The van der Waals surface area contributed by atoms with Crippen molar-refractivity contribution in [2.24, 2.45) is 0 Å². The molecule has 0 spiro atoms. The largest absolute Gasteiger partial charge is 0.373 e. The standard InChI is InChI=1S/C12H16O3.C6H7P/c1-5-14-15-12(13)11-9(3)6-8(2)7-10(11)4;7-6-4-2-1-3-5-6/h6-7H,5H2,1-4H3;1-5H,7H2. The molecule has 22 heavy (non-hydrogen) atoms. The van der Waals surface area contributed by atoms with Crippen LogP contribution in [0.4, 0.5) is 0 Å². The lowest BCUT2D eigenvalue weighted by Crippen LogP contribution is -2.10. The van der Waals surface area contributed by atoms with Crippen LogP contribution in [0, 0.1) is 20.8 Å². The highest BCUT2D eigenvalue weighted by atomic mass is 31.0. The Bertz CT molecular complexity index is 586. The zero-order chi connectivity index (χ0) is 16.5. The molecule has 0 aliphatic carbocycles. The average molecular weight is 318 g/mol. The Morgan fingerprint density at radius 2 is 1.59 bits per heavy atom. The van der Waals surface area contributed by atoms with Gasteiger partial charge in [0.2, 0.25) is 0 Å². The van der Waals surface area contributed by atoms with Crippen LogP contribution in [0.15, 0.2) is 42.5 Å². The predicted octanol–water partition coefficient (Wildman–Crippen LogP) is 3.91. The van der Waals surface area contributed by atoms with E-state index in [1.807, 2.05) is 63.2 Å². The number of carbonyl (C=O) groups excluding carboxylic acids is 1. The van der Waals surface area contributed by atoms with Crippen molar-refractivity contribution >= 4 is 20.5 Å². The first kappa shape index (κ1) is 18.3. The Morgan fingerprint density at radius 3 is 2.00 bits per heavy atom. The van der Waals surface area contributed by atoms with Crippen LogP contribution < -0.4 is 5.30 Å². The topological polar surface area (TPSA) is 35.5 Å². The van der Waals surface area contributed by atoms with E-state index in [0.717, 1.165) is 16.7 Å². The zero-order valence-corrected chi connectivity index (χ0v) is 14.7. The Labute approximate surface area is 134 Å². The molecule has 0 saturated heterocycles. The maximum Gasteiger partial charge on any atom is 0.373 e. The van der Waals surface area contributed by atoms with Crippen molar-refractivity contribution in [3.63, 3.8) is 0 Å². The van der Waals surface area contributed by atoms with E-state index < -0.39 is 5.97 Å². The molecule has 2 aromatic carbocycles. The Hall–Kier alpha value is -1.70. The fraction of sp³-hybridized carbons (Fsp3) is 0.278. The first-order valence-electron chi connectivity index (χ1n) is 7.17. The average Bonchev–Trinajstić information content (AvgIpc) is 2.45. The molecule has 0 aliphatic heterocycles. The van der Waals surface area contributed by atoms with Crippen molar-refractivity contribution in [2.75, 3.05) is 6.61 Å². The van der Waals surface area contributed by atoms with Gasteiger partial charge in [-0.25, -0.2) is 4.79 Å². The van der Waals surface area contributed by atoms with E-state index in [1.54, 1.807) is 6.92 Å². The minimum absolute atomic E-state index is 0.357. The minimum atomic E-state index is -0.424. The third kappa shape index (κ3) is 5.97. The number of aryl methyl sites for hydroxylation is 3. The molecule has 0 radical (unpaired) electrons. The molecule has 0 amide bonds. The van der Waals surface area contributed by atoms with Crippen molar-refractivity contribution in [3.8, 4) is 0 Å². The van der Waals surface area contributed by atoms with Gasteiger partial charge in [0.15, 0.2) is 0 Å². The molecular formula is C18H23O3P. The molecule has 0 bridgehead atoms. The number of carbonyl (C=O) groups is 1. The fourth-order valence-corrected chi connectivity index (χ4v) is 2.33. The Morgan fingerprint density at radius 1 is 1.05 bits per heavy atom. The van der Waals surface area contributed by atoms with Crippen molar-refractivity contribution in [1.82, 2.24) is 0 Å². The SMILES string of the molecule is CCOOC(=O)c1c(C)cc(C)cc1C.Pc1ccccc1. The maximum atomic E-state index is 11.6. The maximum absolute atomic E-state index is 11.6. The third-order valence-corrected chi connectivity index (χ3v) is 3.32. The summed E-state index contributed by atoms with van der Waals surface area (Å²) in [6.07, 6.45) is 0. The molecule has 118 valence electrons. The van der Waals surface area contributed by atoms with E-state index in [0.29, 0.717) is 12.2 Å². The molecule has 0 aliphatic rings. The lowest BCUT2D eigenvalue weighted by molar-refractivity contribution is -0.236. The molecular weight excluding hydrogens is 295 g/mol. The summed E-state index contributed by atoms with van der Waals surface area (Å²) in [5, 5.41) is 1.24. The normalized spacial score (nSPS) is 9.68. The first-order chi connectivity index (χ1) is 10.5. The smallest absolute Gasteiger partial charge is 0.293 e. The van der Waals surface area contributed by atoms with Crippen LogP contribution in [0.5, 0.6) is 0 Å². The molecule has 3 nitrogen and oxygen atoms in total. The lowest BCUT2D eigenvalue weighted by atomic mass is 10.0. The van der Waals surface area contributed by atoms with E-state index in [1.165, 1.54) is 5.30 Å².